The Balaban J connectivity index is 1.41. The van der Waals surface area contributed by atoms with Crippen LogP contribution in [0.3, 0.4) is 0 Å². The molecule has 0 N–H and O–H groups in total. The molecule has 0 spiro atoms. The molecule has 1 aromatic heterocycles. The Bertz CT molecular complexity index is 1190. The number of piperidine rings is 1. The van der Waals surface area contributed by atoms with Gasteiger partial charge in [-0.25, -0.2) is 9.97 Å². The fourth-order valence-corrected chi connectivity index (χ4v) is 5.53. The van der Waals surface area contributed by atoms with E-state index in [0.29, 0.717) is 54.6 Å². The zero-order valence-corrected chi connectivity index (χ0v) is 23.7. The van der Waals surface area contributed by atoms with E-state index in [-0.39, 0.29) is 23.2 Å². The summed E-state index contributed by atoms with van der Waals surface area (Å²) in [6.07, 6.45) is -1.57. The van der Waals surface area contributed by atoms with E-state index in [2.05, 4.69) is 43.5 Å². The molecule has 0 saturated carbocycles. The average molecular weight is 563 g/mol. The third-order valence-electron chi connectivity index (χ3n) is 7.86. The molecule has 40 heavy (non-hydrogen) atoms. The largest absolute Gasteiger partial charge is 0.573 e. The number of hydrogen-bond donors (Lipinski definition) is 0. The number of rotatable bonds is 6. The molecule has 9 nitrogen and oxygen atoms in total. The number of alkyl halides is 3. The van der Waals surface area contributed by atoms with Crippen LogP contribution in [0.4, 0.5) is 13.2 Å². The molecular weight excluding hydrogens is 525 g/mol. The predicted octanol–water partition coefficient (Wildman–Crippen LogP) is 4.39. The summed E-state index contributed by atoms with van der Waals surface area (Å²) in [5, 5.41) is 4.32. The van der Waals surface area contributed by atoms with Gasteiger partial charge in [-0.1, -0.05) is 5.16 Å². The van der Waals surface area contributed by atoms with E-state index in [1.54, 1.807) is 12.1 Å². The number of benzene rings is 1. The van der Waals surface area contributed by atoms with Gasteiger partial charge in [0, 0.05) is 49.9 Å². The van der Waals surface area contributed by atoms with Crippen LogP contribution in [-0.4, -0.2) is 93.7 Å². The van der Waals surface area contributed by atoms with Crippen LogP contribution in [0, 0.1) is 13.8 Å². The van der Waals surface area contributed by atoms with Gasteiger partial charge in [0.05, 0.1) is 17.0 Å². The number of amidine groups is 1. The fourth-order valence-electron chi connectivity index (χ4n) is 5.53. The van der Waals surface area contributed by atoms with Crippen LogP contribution in [0.15, 0.2) is 35.7 Å². The van der Waals surface area contributed by atoms with Crippen LogP contribution in [0.25, 0.3) is 0 Å². The molecule has 2 fully saturated rings. The average Bonchev–Trinajstić information content (AvgIpc) is 2.89. The van der Waals surface area contributed by atoms with E-state index < -0.39 is 6.36 Å². The lowest BCUT2D eigenvalue weighted by Gasteiger charge is -2.52. The molecule has 2 saturated heterocycles. The fraction of sp³-hybridized carbons (Fsp3) is 0.571. The highest BCUT2D eigenvalue weighted by molar-refractivity contribution is 5.99. The van der Waals surface area contributed by atoms with Gasteiger partial charge in [0.1, 0.15) is 18.7 Å². The topological polar surface area (TPSA) is 83.4 Å². The second kappa shape index (κ2) is 12.0. The first-order chi connectivity index (χ1) is 18.9. The van der Waals surface area contributed by atoms with Crippen molar-refractivity contribution in [3.8, 4) is 5.75 Å². The number of halogens is 3. The molecule has 2 aliphatic heterocycles. The van der Waals surface area contributed by atoms with Crippen molar-refractivity contribution in [1.29, 1.82) is 0 Å². The Labute approximate surface area is 232 Å². The van der Waals surface area contributed by atoms with Gasteiger partial charge in [-0.3, -0.25) is 9.69 Å². The Kier molecular flexibility index (Phi) is 8.86. The van der Waals surface area contributed by atoms with Crippen LogP contribution in [0.2, 0.25) is 0 Å². The smallest absolute Gasteiger partial charge is 0.406 e. The summed E-state index contributed by atoms with van der Waals surface area (Å²) in [6.45, 7) is 13.8. The number of carbonyl (C=O) groups excluding carboxylic acids is 1. The van der Waals surface area contributed by atoms with Crippen molar-refractivity contribution >= 4 is 11.7 Å². The molecule has 0 bridgehead atoms. The van der Waals surface area contributed by atoms with Crippen molar-refractivity contribution in [2.24, 2.45) is 5.16 Å². The zero-order valence-electron chi connectivity index (χ0n) is 23.7. The highest BCUT2D eigenvalue weighted by Crippen LogP contribution is 2.32. The number of nitrogens with zero attached hydrogens (tertiary/aromatic N) is 6. The lowest BCUT2D eigenvalue weighted by Crippen LogP contribution is -2.63. The maximum Gasteiger partial charge on any atom is 0.573 e. The summed E-state index contributed by atoms with van der Waals surface area (Å²) in [4.78, 5) is 33.6. The summed E-state index contributed by atoms with van der Waals surface area (Å²) < 4.78 is 41.8. The SMILES string of the molecule is CCO/N=C(\c1ccc(OC(F)(F)F)cc1)N1CCN(C2(C)CCN(C(=O)c3c(C)ncnc3C)CC2)C[C@@H]1C. The highest BCUT2D eigenvalue weighted by atomic mass is 19.4. The maximum atomic E-state index is 13.2. The molecule has 3 heterocycles. The lowest BCUT2D eigenvalue weighted by molar-refractivity contribution is -0.274. The van der Waals surface area contributed by atoms with Gasteiger partial charge in [-0.2, -0.15) is 0 Å². The third kappa shape index (κ3) is 6.65. The second-order valence-electron chi connectivity index (χ2n) is 10.6. The first kappa shape index (κ1) is 29.6. The molecule has 2 aromatic rings. The van der Waals surface area contributed by atoms with Gasteiger partial charge in [0.25, 0.3) is 5.91 Å². The first-order valence-corrected chi connectivity index (χ1v) is 13.6. The standard InChI is InChI=1S/C28H37F3N6O3/c1-6-39-34-25(22-7-9-23(10-8-22)40-28(29,30)31)37-16-15-36(17-19(37)2)27(5)11-13-35(14-12-27)26(38)24-20(3)32-18-33-21(24)4/h7-10,18-19H,6,11-17H2,1-5H3/b34-25+/t19-/m0/s1. The third-order valence-corrected chi connectivity index (χ3v) is 7.86. The number of ether oxygens (including phenoxy) is 1. The molecule has 12 heteroatoms. The van der Waals surface area contributed by atoms with E-state index in [1.165, 1.54) is 18.5 Å². The van der Waals surface area contributed by atoms with E-state index in [0.717, 1.165) is 25.9 Å². The van der Waals surface area contributed by atoms with Gasteiger partial charge >= 0.3 is 6.36 Å². The number of piperazine rings is 1. The number of aryl methyl sites for hydroxylation is 2. The van der Waals surface area contributed by atoms with Crippen molar-refractivity contribution in [1.82, 2.24) is 24.7 Å². The van der Waals surface area contributed by atoms with Crippen LogP contribution < -0.4 is 4.74 Å². The van der Waals surface area contributed by atoms with Crippen LogP contribution in [-0.2, 0) is 4.84 Å². The number of aromatic nitrogens is 2. The van der Waals surface area contributed by atoms with E-state index in [9.17, 15) is 18.0 Å². The second-order valence-corrected chi connectivity index (χ2v) is 10.6. The lowest BCUT2D eigenvalue weighted by atomic mass is 9.86. The van der Waals surface area contributed by atoms with Crippen molar-refractivity contribution in [2.45, 2.75) is 65.4 Å². The van der Waals surface area contributed by atoms with Gasteiger partial charge in [-0.05, 0) is 71.7 Å². The van der Waals surface area contributed by atoms with Gasteiger partial charge in [0.2, 0.25) is 0 Å². The van der Waals surface area contributed by atoms with Crippen molar-refractivity contribution < 1.29 is 27.5 Å². The predicted molar refractivity (Wildman–Crippen MR) is 144 cm³/mol. The summed E-state index contributed by atoms with van der Waals surface area (Å²) in [6, 6.07) is 5.76. The van der Waals surface area contributed by atoms with Crippen LogP contribution >= 0.6 is 0 Å². The minimum absolute atomic E-state index is 0.0146. The monoisotopic (exact) mass is 562 g/mol. The van der Waals surface area contributed by atoms with Gasteiger partial charge in [-0.15, -0.1) is 13.2 Å². The minimum atomic E-state index is -4.75. The first-order valence-electron chi connectivity index (χ1n) is 13.6. The van der Waals surface area contributed by atoms with Gasteiger partial charge < -0.3 is 19.4 Å². The molecule has 4 rings (SSSR count). The maximum absolute atomic E-state index is 13.2. The summed E-state index contributed by atoms with van der Waals surface area (Å²) in [5.74, 6) is 0.279. The number of carbonyl (C=O) groups is 1. The van der Waals surface area contributed by atoms with Crippen LogP contribution in [0.5, 0.6) is 5.75 Å². The van der Waals surface area contributed by atoms with Gasteiger partial charge in [0.15, 0.2) is 5.84 Å². The Morgan fingerprint density at radius 1 is 1.07 bits per heavy atom. The quantitative estimate of drug-likeness (QED) is 0.293. The van der Waals surface area contributed by atoms with Crippen molar-refractivity contribution in [2.75, 3.05) is 39.3 Å². The van der Waals surface area contributed by atoms with Crippen molar-refractivity contribution in [3.05, 3.63) is 53.1 Å². The molecule has 1 aromatic carbocycles. The number of amides is 1. The highest BCUT2D eigenvalue weighted by Gasteiger charge is 2.41. The molecular formula is C28H37F3N6O3. The van der Waals surface area contributed by atoms with E-state index in [4.69, 9.17) is 4.84 Å². The van der Waals surface area contributed by atoms with Crippen LogP contribution in [0.1, 0.15) is 60.9 Å². The molecule has 2 aliphatic rings. The van der Waals surface area contributed by atoms with E-state index >= 15 is 0 Å². The van der Waals surface area contributed by atoms with Crippen molar-refractivity contribution in [3.63, 3.8) is 0 Å². The Hall–Kier alpha value is -3.41. The zero-order chi connectivity index (χ0) is 29.1. The Morgan fingerprint density at radius 3 is 2.25 bits per heavy atom. The summed E-state index contributed by atoms with van der Waals surface area (Å²) >= 11 is 0. The summed E-state index contributed by atoms with van der Waals surface area (Å²) in [5.41, 5.74) is 2.57. The summed E-state index contributed by atoms with van der Waals surface area (Å²) in [7, 11) is 0. The van der Waals surface area contributed by atoms with E-state index in [1.807, 2.05) is 25.7 Å². The molecule has 0 radical (unpaired) electrons. The molecule has 0 aliphatic carbocycles. The number of hydrogen-bond acceptors (Lipinski definition) is 7. The normalized spacial score (nSPS) is 20.4. The molecule has 1 amide bonds. The molecule has 218 valence electrons. The number of likely N-dealkylation sites (tertiary alicyclic amines) is 1. The minimum Gasteiger partial charge on any atom is -0.406 e. The Morgan fingerprint density at radius 2 is 1.70 bits per heavy atom. The molecule has 1 atom stereocenters. The molecule has 0 unspecified atom stereocenters. The number of oxime groups is 1.